The summed E-state index contributed by atoms with van der Waals surface area (Å²) in [7, 11) is 0. The van der Waals surface area contributed by atoms with Crippen molar-refractivity contribution in [3.8, 4) is 11.5 Å². The molecule has 0 amide bonds. The van der Waals surface area contributed by atoms with E-state index in [0.29, 0.717) is 52.9 Å². The van der Waals surface area contributed by atoms with Crippen molar-refractivity contribution < 1.29 is 9.47 Å². The van der Waals surface area contributed by atoms with E-state index in [4.69, 9.17) is 19.4 Å². The van der Waals surface area contributed by atoms with Crippen molar-refractivity contribution in [2.24, 2.45) is 23.7 Å². The lowest BCUT2D eigenvalue weighted by Gasteiger charge is -2.24. The van der Waals surface area contributed by atoms with E-state index in [9.17, 15) is 0 Å². The topological polar surface area (TPSA) is 87.2 Å². The van der Waals surface area contributed by atoms with Crippen molar-refractivity contribution in [2.45, 2.75) is 210 Å². The van der Waals surface area contributed by atoms with E-state index in [1.807, 2.05) is 14.9 Å². The van der Waals surface area contributed by atoms with Crippen LogP contribution in [0.1, 0.15) is 206 Å². The van der Waals surface area contributed by atoms with Gasteiger partial charge in [0.05, 0.1) is 40.7 Å². The summed E-state index contributed by atoms with van der Waals surface area (Å²) >= 11 is 0. The first-order valence-electron chi connectivity index (χ1n) is 32.7. The molecular formula is C74H92N4O4. The molecule has 0 radical (unpaired) electrons. The van der Waals surface area contributed by atoms with Crippen molar-refractivity contribution >= 4 is 98.0 Å². The SMILES string of the molecule is CCCCC(CC)CCCc1cc2c(cc1C)nc1c3ccc4c5ccc6c(=O)n7c8cc(CCCC(CC)CCCC)c(C)cc8nc7c7cc(OCC(CC)CCCC)c(c8c(OCC(CC)CCCC)cc(c(=O)n21)c3c48)c5c67. The fraction of sp³-hybridized carbons (Fsp3) is 0.514. The van der Waals surface area contributed by atoms with Crippen molar-refractivity contribution in [3.05, 3.63) is 104 Å². The second kappa shape index (κ2) is 24.9. The van der Waals surface area contributed by atoms with Crippen LogP contribution in [0, 0.1) is 37.5 Å². The maximum atomic E-state index is 15.8. The highest BCUT2D eigenvalue weighted by molar-refractivity contribution is 6.42. The molecule has 82 heavy (non-hydrogen) atoms. The van der Waals surface area contributed by atoms with Gasteiger partial charge in [0.2, 0.25) is 0 Å². The second-order valence-corrected chi connectivity index (χ2v) is 25.2. The molecule has 0 saturated carbocycles. The van der Waals surface area contributed by atoms with Gasteiger partial charge in [-0.2, -0.15) is 0 Å². The van der Waals surface area contributed by atoms with Crippen molar-refractivity contribution in [3.63, 3.8) is 0 Å². The first-order valence-corrected chi connectivity index (χ1v) is 32.7. The molecule has 8 nitrogen and oxygen atoms in total. The summed E-state index contributed by atoms with van der Waals surface area (Å²) in [5.74, 6) is 3.65. The third-order valence-electron chi connectivity index (χ3n) is 19.8. The predicted molar refractivity (Wildman–Crippen MR) is 350 cm³/mol. The Morgan fingerprint density at radius 1 is 0.402 bits per heavy atom. The van der Waals surface area contributed by atoms with Crippen LogP contribution < -0.4 is 20.6 Å². The van der Waals surface area contributed by atoms with Gasteiger partial charge in [-0.25, -0.2) is 9.97 Å². The first kappa shape index (κ1) is 57.5. The second-order valence-electron chi connectivity index (χ2n) is 25.2. The number of ether oxygens (including phenoxy) is 2. The molecule has 0 fully saturated rings. The number of pyridine rings is 2. The summed E-state index contributed by atoms with van der Waals surface area (Å²) in [5, 5.41) is 10.8. The number of unbranched alkanes of at least 4 members (excludes halogenated alkanes) is 4. The van der Waals surface area contributed by atoms with Crippen LogP contribution in [0.3, 0.4) is 0 Å². The number of imidazole rings is 2. The number of rotatable bonds is 30. The zero-order valence-corrected chi connectivity index (χ0v) is 51.5. The first-order chi connectivity index (χ1) is 40.0. The average molecular weight is 1100 g/mol. The van der Waals surface area contributed by atoms with Gasteiger partial charge in [0.15, 0.2) is 0 Å². The Bertz CT molecular complexity index is 4110. The number of fused-ring (bicyclic) bond motifs is 10. The molecule has 432 valence electrons. The normalized spacial score (nSPS) is 14.1. The van der Waals surface area contributed by atoms with Crippen LogP contribution in [-0.4, -0.2) is 32.0 Å². The minimum absolute atomic E-state index is 0.0588. The lowest BCUT2D eigenvalue weighted by molar-refractivity contribution is 0.234. The summed E-state index contributed by atoms with van der Waals surface area (Å²) in [6.07, 6.45) is 25.4. The molecular weight excluding hydrogens is 1010 g/mol. The molecule has 4 aromatic heterocycles. The molecule has 0 saturated heterocycles. The minimum atomic E-state index is -0.0776. The standard InChI is InChI=1S/C74H92N4O4/c1-11-19-25-47(15-5)29-23-31-51-39-61-59(37-45(51)9)75-71-55-35-33-53-54-34-36-56-66-57(72-76-60-38-46(10)52(40-62(60)78(72)73(56)79)32-24-30-48(16-6)26-20-12-2)41-63(81-43-49(17-7)27-21-13-3)69(68(54)66)70-64(82-44-50(18-8)28-22-14-4)42-58(65(55)67(53)70)74(80)77(61)71/h33-42,47-50H,11-32,43-44H2,1-10H3. The number of aromatic nitrogens is 4. The average Bonchev–Trinajstić information content (AvgIpc) is 1.58. The maximum Gasteiger partial charge on any atom is 0.264 e. The Hall–Kier alpha value is -6.28. The van der Waals surface area contributed by atoms with E-state index >= 15 is 9.59 Å². The molecule has 0 aliphatic heterocycles. The molecule has 0 aliphatic carbocycles. The molecule has 4 unspecified atom stereocenters. The highest BCUT2D eigenvalue weighted by Gasteiger charge is 2.30. The van der Waals surface area contributed by atoms with Crippen LogP contribution >= 0.6 is 0 Å². The van der Waals surface area contributed by atoms with E-state index in [1.54, 1.807) is 0 Å². The zero-order chi connectivity index (χ0) is 57.3. The molecule has 11 aromatic rings. The highest BCUT2D eigenvalue weighted by Crippen LogP contribution is 2.52. The number of hydrogen-bond donors (Lipinski definition) is 0. The van der Waals surface area contributed by atoms with E-state index in [-0.39, 0.29) is 11.1 Å². The number of benzene rings is 7. The fourth-order valence-electron chi connectivity index (χ4n) is 14.5. The number of aryl methyl sites for hydroxylation is 4. The summed E-state index contributed by atoms with van der Waals surface area (Å²) in [4.78, 5) is 42.1. The Morgan fingerprint density at radius 2 is 0.780 bits per heavy atom. The maximum absolute atomic E-state index is 15.8. The van der Waals surface area contributed by atoms with E-state index in [1.165, 1.54) is 86.5 Å². The quantitative estimate of drug-likeness (QED) is 0.0329. The van der Waals surface area contributed by atoms with E-state index in [0.717, 1.165) is 171 Å². The lowest BCUT2D eigenvalue weighted by atomic mass is 9.85. The third-order valence-corrected chi connectivity index (χ3v) is 19.8. The largest absolute Gasteiger partial charge is 0.493 e. The van der Waals surface area contributed by atoms with E-state index in [2.05, 4.69) is 124 Å². The smallest absolute Gasteiger partial charge is 0.264 e. The molecule has 0 N–H and O–H groups in total. The Kier molecular flexibility index (Phi) is 17.5. The van der Waals surface area contributed by atoms with Gasteiger partial charge in [-0.05, 0) is 158 Å². The monoisotopic (exact) mass is 1100 g/mol. The van der Waals surface area contributed by atoms with Gasteiger partial charge < -0.3 is 9.47 Å². The summed E-state index contributed by atoms with van der Waals surface area (Å²) in [6, 6.07) is 21.8. The van der Waals surface area contributed by atoms with E-state index < -0.39 is 0 Å². The summed E-state index contributed by atoms with van der Waals surface area (Å²) in [5.41, 5.74) is 9.64. The molecule has 0 bridgehead atoms. The Labute approximate surface area is 486 Å². The highest BCUT2D eigenvalue weighted by atomic mass is 16.5. The predicted octanol–water partition coefficient (Wildman–Crippen LogP) is 20.1. The van der Waals surface area contributed by atoms with Crippen molar-refractivity contribution in [1.29, 1.82) is 0 Å². The lowest BCUT2D eigenvalue weighted by Crippen LogP contribution is -2.16. The molecule has 7 aromatic carbocycles. The molecule has 4 atom stereocenters. The van der Waals surface area contributed by atoms with Gasteiger partial charge in [-0.15, -0.1) is 0 Å². The van der Waals surface area contributed by atoms with Gasteiger partial charge in [0.25, 0.3) is 11.1 Å². The van der Waals surface area contributed by atoms with Crippen molar-refractivity contribution in [2.75, 3.05) is 13.2 Å². The van der Waals surface area contributed by atoms with Gasteiger partial charge in [-0.3, -0.25) is 18.4 Å². The number of nitrogens with zero attached hydrogens (tertiary/aromatic N) is 4. The summed E-state index contributed by atoms with van der Waals surface area (Å²) < 4.78 is 18.5. The molecule has 0 spiro atoms. The number of hydrogen-bond acceptors (Lipinski definition) is 6. The van der Waals surface area contributed by atoms with Crippen molar-refractivity contribution in [1.82, 2.24) is 18.8 Å². The van der Waals surface area contributed by atoms with Crippen LogP contribution in [0.15, 0.2) is 70.3 Å². The summed E-state index contributed by atoms with van der Waals surface area (Å²) in [6.45, 7) is 23.8. The molecule has 0 aliphatic rings. The Balaban J connectivity index is 1.17. The third kappa shape index (κ3) is 10.4. The van der Waals surface area contributed by atoms with Gasteiger partial charge in [-0.1, -0.05) is 170 Å². The van der Waals surface area contributed by atoms with Crippen LogP contribution in [0.25, 0.3) is 98.0 Å². The van der Waals surface area contributed by atoms with Gasteiger partial charge in [0.1, 0.15) is 22.8 Å². The van der Waals surface area contributed by atoms with Crippen LogP contribution in [0.5, 0.6) is 11.5 Å². The van der Waals surface area contributed by atoms with Gasteiger partial charge >= 0.3 is 0 Å². The van der Waals surface area contributed by atoms with Gasteiger partial charge in [0, 0.05) is 48.5 Å². The van der Waals surface area contributed by atoms with Crippen LogP contribution in [-0.2, 0) is 12.8 Å². The zero-order valence-electron chi connectivity index (χ0n) is 51.5. The molecule has 8 heteroatoms. The molecule has 11 rings (SSSR count). The van der Waals surface area contributed by atoms with Crippen LogP contribution in [0.4, 0.5) is 0 Å². The minimum Gasteiger partial charge on any atom is -0.493 e. The fourth-order valence-corrected chi connectivity index (χ4v) is 14.5. The molecule has 4 heterocycles. The Morgan fingerprint density at radius 3 is 1.23 bits per heavy atom. The van der Waals surface area contributed by atoms with Crippen LogP contribution in [0.2, 0.25) is 0 Å².